The molecule has 0 spiro atoms. The predicted molar refractivity (Wildman–Crippen MR) is 28.4 cm³/mol. The first kappa shape index (κ1) is 11.4. The normalized spacial score (nSPS) is 15.4. The highest BCUT2D eigenvalue weighted by Gasteiger charge is 2.12. The van der Waals surface area contributed by atoms with Crippen LogP contribution in [0.25, 0.3) is 0 Å². The minimum Gasteiger partial charge on any atom is -0.394 e. The maximum Gasteiger partial charge on any atom is 0.151 e. The summed E-state index contributed by atoms with van der Waals surface area (Å²) >= 11 is 0. The van der Waals surface area contributed by atoms with Gasteiger partial charge in [-0.15, -0.1) is 0 Å². The van der Waals surface area contributed by atoms with Gasteiger partial charge in [-0.3, -0.25) is 0 Å². The van der Waals surface area contributed by atoms with Gasteiger partial charge < -0.3 is 20.1 Å². The third-order valence-corrected chi connectivity index (χ3v) is 0.721. The Balaban J connectivity index is 0. The standard InChI is InChI=1S/C4H8O4.C/c5-1-3(7)4(8)2-6;/h1,3-4,6-8H,2H2;/t3-,4+;/m0./s1. The van der Waals surface area contributed by atoms with E-state index in [9.17, 15) is 4.79 Å². The van der Waals surface area contributed by atoms with Gasteiger partial charge >= 0.3 is 0 Å². The van der Waals surface area contributed by atoms with Gasteiger partial charge in [-0.25, -0.2) is 0 Å². The van der Waals surface area contributed by atoms with E-state index in [0.29, 0.717) is 0 Å². The van der Waals surface area contributed by atoms with E-state index in [1.807, 2.05) is 0 Å². The topological polar surface area (TPSA) is 77.8 Å². The van der Waals surface area contributed by atoms with Crippen molar-refractivity contribution in [1.29, 1.82) is 0 Å². The summed E-state index contributed by atoms with van der Waals surface area (Å²) in [5.74, 6) is 0. The molecule has 4 nitrogen and oxygen atoms in total. The predicted octanol–water partition coefficient (Wildman–Crippen LogP) is -2.02. The molecule has 2 atom stereocenters. The van der Waals surface area contributed by atoms with Crippen LogP contribution in [0.1, 0.15) is 0 Å². The van der Waals surface area contributed by atoms with Crippen molar-refractivity contribution in [2.75, 3.05) is 6.61 Å². The molecule has 0 aromatic heterocycles. The van der Waals surface area contributed by atoms with Crippen LogP contribution in [0.2, 0.25) is 0 Å². The Morgan fingerprint density at radius 2 is 1.89 bits per heavy atom. The molecule has 0 saturated carbocycles. The number of aldehydes is 1. The lowest BCUT2D eigenvalue weighted by Crippen LogP contribution is -2.30. The Morgan fingerprint density at radius 1 is 1.44 bits per heavy atom. The van der Waals surface area contributed by atoms with Gasteiger partial charge in [-0.1, -0.05) is 0 Å². The van der Waals surface area contributed by atoms with Crippen LogP contribution in [0, 0.1) is 7.43 Å². The van der Waals surface area contributed by atoms with E-state index in [4.69, 9.17) is 15.3 Å². The van der Waals surface area contributed by atoms with Crippen molar-refractivity contribution in [3.8, 4) is 0 Å². The monoisotopic (exact) mass is 132 g/mol. The Morgan fingerprint density at radius 3 is 2.00 bits per heavy atom. The molecule has 9 heavy (non-hydrogen) atoms. The molecule has 0 aliphatic carbocycles. The fourth-order valence-electron chi connectivity index (χ4n) is 0.199. The van der Waals surface area contributed by atoms with Gasteiger partial charge in [0.25, 0.3) is 0 Å². The van der Waals surface area contributed by atoms with Crippen LogP contribution in [-0.2, 0) is 4.79 Å². The fourth-order valence-corrected chi connectivity index (χ4v) is 0.199. The van der Waals surface area contributed by atoms with Crippen molar-refractivity contribution in [2.45, 2.75) is 12.2 Å². The van der Waals surface area contributed by atoms with E-state index in [-0.39, 0.29) is 13.7 Å². The summed E-state index contributed by atoms with van der Waals surface area (Å²) in [4.78, 5) is 9.58. The third-order valence-electron chi connectivity index (χ3n) is 0.721. The molecular weight excluding hydrogens is 124 g/mol. The van der Waals surface area contributed by atoms with Crippen LogP contribution in [-0.4, -0.2) is 40.4 Å². The second-order valence-electron chi connectivity index (χ2n) is 1.38. The second kappa shape index (κ2) is 5.68. The summed E-state index contributed by atoms with van der Waals surface area (Å²) < 4.78 is 0. The zero-order chi connectivity index (χ0) is 6.57. The first-order chi connectivity index (χ1) is 3.72. The molecule has 3 N–H and O–H groups in total. The van der Waals surface area contributed by atoms with Crippen molar-refractivity contribution in [2.24, 2.45) is 0 Å². The van der Waals surface area contributed by atoms with Crippen LogP contribution in [0.15, 0.2) is 0 Å². The molecule has 4 heteroatoms. The minimum atomic E-state index is -1.46. The molecule has 52 valence electrons. The van der Waals surface area contributed by atoms with Crippen molar-refractivity contribution in [1.82, 2.24) is 0 Å². The second-order valence-corrected chi connectivity index (χ2v) is 1.38. The number of rotatable bonds is 3. The molecule has 0 bridgehead atoms. The summed E-state index contributed by atoms with van der Waals surface area (Å²) in [6.45, 7) is -0.597. The first-order valence-electron chi connectivity index (χ1n) is 2.14. The summed E-state index contributed by atoms with van der Waals surface area (Å²) in [5, 5.41) is 24.8. The average Bonchev–Trinajstić information content (AvgIpc) is 1.84. The quantitative estimate of drug-likeness (QED) is 0.387. The Labute approximate surface area is 53.7 Å². The number of aliphatic hydroxyl groups excluding tert-OH is 3. The van der Waals surface area contributed by atoms with Gasteiger partial charge in [0, 0.05) is 7.43 Å². The zero-order valence-corrected chi connectivity index (χ0v) is 4.69. The summed E-state index contributed by atoms with van der Waals surface area (Å²) in [5.41, 5.74) is 0. The van der Waals surface area contributed by atoms with Crippen molar-refractivity contribution >= 4 is 6.29 Å². The Kier molecular flexibility index (Phi) is 7.17. The first-order valence-corrected chi connectivity index (χ1v) is 2.14. The fraction of sp³-hybridized carbons (Fsp3) is 0.600. The number of aliphatic hydroxyl groups is 3. The lowest BCUT2D eigenvalue weighted by molar-refractivity contribution is -0.121. The highest BCUT2D eigenvalue weighted by Crippen LogP contribution is 1.85. The van der Waals surface area contributed by atoms with Crippen molar-refractivity contribution < 1.29 is 20.1 Å². The van der Waals surface area contributed by atoms with Gasteiger partial charge in [0.15, 0.2) is 6.29 Å². The number of carbonyl (C=O) groups is 1. The molecule has 0 aliphatic rings. The van der Waals surface area contributed by atoms with E-state index in [2.05, 4.69) is 0 Å². The van der Waals surface area contributed by atoms with Crippen LogP contribution >= 0.6 is 0 Å². The lowest BCUT2D eigenvalue weighted by Gasteiger charge is -2.06. The van der Waals surface area contributed by atoms with Crippen LogP contribution in [0.5, 0.6) is 0 Å². The third kappa shape index (κ3) is 4.08. The molecule has 0 aromatic carbocycles. The molecule has 0 aromatic rings. The maximum atomic E-state index is 9.58. The van der Waals surface area contributed by atoms with Crippen molar-refractivity contribution in [3.63, 3.8) is 0 Å². The lowest BCUT2D eigenvalue weighted by atomic mass is 10.2. The van der Waals surface area contributed by atoms with Gasteiger partial charge in [-0.2, -0.15) is 0 Å². The van der Waals surface area contributed by atoms with Crippen LogP contribution < -0.4 is 0 Å². The van der Waals surface area contributed by atoms with Gasteiger partial charge in [0.05, 0.1) is 6.61 Å². The highest BCUT2D eigenvalue weighted by molar-refractivity contribution is 5.56. The molecule has 0 fully saturated rings. The van der Waals surface area contributed by atoms with Gasteiger partial charge in [0.2, 0.25) is 0 Å². The summed E-state index contributed by atoms with van der Waals surface area (Å²) in [6, 6.07) is 0. The average molecular weight is 132 g/mol. The Hall–Kier alpha value is -0.450. The molecule has 4 radical (unpaired) electrons. The van der Waals surface area contributed by atoms with Crippen LogP contribution in [0.4, 0.5) is 0 Å². The largest absolute Gasteiger partial charge is 0.394 e. The molecule has 0 amide bonds. The van der Waals surface area contributed by atoms with E-state index < -0.39 is 18.8 Å². The Bertz CT molecular complexity index is 73.4. The summed E-state index contributed by atoms with van der Waals surface area (Å²) in [7, 11) is 0. The van der Waals surface area contributed by atoms with Gasteiger partial charge in [0.1, 0.15) is 12.2 Å². The van der Waals surface area contributed by atoms with E-state index in [1.165, 1.54) is 0 Å². The van der Waals surface area contributed by atoms with E-state index in [0.717, 1.165) is 0 Å². The highest BCUT2D eigenvalue weighted by atomic mass is 16.4. The van der Waals surface area contributed by atoms with Gasteiger partial charge in [-0.05, 0) is 0 Å². The van der Waals surface area contributed by atoms with Crippen molar-refractivity contribution in [3.05, 3.63) is 7.43 Å². The molecule has 0 saturated heterocycles. The SMILES string of the molecule is O=C[C@H](O)[C@H](O)CO.[C]. The molecule has 0 rings (SSSR count). The maximum absolute atomic E-state index is 9.58. The minimum absolute atomic E-state index is 0. The van der Waals surface area contributed by atoms with E-state index >= 15 is 0 Å². The summed E-state index contributed by atoms with van der Waals surface area (Å²) in [6.07, 6.45) is -2.63. The molecule has 0 aliphatic heterocycles. The number of hydrogen-bond acceptors (Lipinski definition) is 4. The number of carbonyl (C=O) groups excluding carboxylic acids is 1. The smallest absolute Gasteiger partial charge is 0.151 e. The molecule has 0 heterocycles. The zero-order valence-electron chi connectivity index (χ0n) is 4.69. The molecule has 0 unspecified atom stereocenters. The van der Waals surface area contributed by atoms with E-state index in [1.54, 1.807) is 0 Å². The number of hydrogen-bond donors (Lipinski definition) is 3. The molecular formula is C5H8O4. The van der Waals surface area contributed by atoms with Crippen LogP contribution in [0.3, 0.4) is 0 Å².